The van der Waals surface area contributed by atoms with Crippen LogP contribution in [0.15, 0.2) is 30.3 Å². The maximum atomic E-state index is 12.3. The third-order valence-electron chi connectivity index (χ3n) is 2.99. The fourth-order valence-electron chi connectivity index (χ4n) is 1.72. The number of carbonyl (C=O) groups excluding carboxylic acids is 1. The number of carbonyl (C=O) groups is 2. The lowest BCUT2D eigenvalue weighted by Crippen LogP contribution is -2.37. The predicted octanol–water partition coefficient (Wildman–Crippen LogP) is 2.43. The van der Waals surface area contributed by atoms with E-state index in [4.69, 9.17) is 10.4 Å². The molecule has 0 unspecified atom stereocenters. The lowest BCUT2D eigenvalue weighted by Gasteiger charge is -2.26. The fraction of sp³-hybridized carbons (Fsp3) is 0.400. The molecule has 5 heteroatoms. The van der Waals surface area contributed by atoms with E-state index in [2.05, 4.69) is 0 Å². The molecule has 0 atom stereocenters. The van der Waals surface area contributed by atoms with Gasteiger partial charge >= 0.3 is 5.97 Å². The maximum Gasteiger partial charge on any atom is 0.309 e. The molecule has 1 amide bonds. The maximum absolute atomic E-state index is 12.3. The van der Waals surface area contributed by atoms with Crippen molar-refractivity contribution in [3.05, 3.63) is 30.3 Å². The third kappa shape index (κ3) is 4.09. The molecular weight excluding hydrogens is 256 g/mol. The number of nitriles is 1. The Morgan fingerprint density at radius 3 is 2.40 bits per heavy atom. The molecular formula is C15H18N2O3. The average Bonchev–Trinajstić information content (AvgIpc) is 2.39. The van der Waals surface area contributed by atoms with Gasteiger partial charge in [0.05, 0.1) is 17.9 Å². The minimum atomic E-state index is -1.13. The second kappa shape index (κ2) is 6.71. The van der Waals surface area contributed by atoms with Crippen LogP contribution in [0.3, 0.4) is 0 Å². The minimum absolute atomic E-state index is 0.108. The van der Waals surface area contributed by atoms with Gasteiger partial charge in [-0.1, -0.05) is 18.2 Å². The highest BCUT2D eigenvalue weighted by Gasteiger charge is 2.32. The van der Waals surface area contributed by atoms with E-state index in [1.54, 1.807) is 24.3 Å². The largest absolute Gasteiger partial charge is 0.481 e. The van der Waals surface area contributed by atoms with E-state index in [1.165, 1.54) is 18.7 Å². The second-order valence-electron chi connectivity index (χ2n) is 5.15. The van der Waals surface area contributed by atoms with E-state index in [1.807, 2.05) is 12.1 Å². The Kier molecular flexibility index (Phi) is 5.27. The average molecular weight is 274 g/mol. The summed E-state index contributed by atoms with van der Waals surface area (Å²) in [4.78, 5) is 24.9. The van der Waals surface area contributed by atoms with Gasteiger partial charge in [0.2, 0.25) is 5.91 Å². The van der Waals surface area contributed by atoms with Gasteiger partial charge < -0.3 is 10.0 Å². The summed E-state index contributed by atoms with van der Waals surface area (Å²) >= 11 is 0. The van der Waals surface area contributed by atoms with E-state index >= 15 is 0 Å². The molecule has 0 heterocycles. The Morgan fingerprint density at radius 2 is 1.90 bits per heavy atom. The van der Waals surface area contributed by atoms with Gasteiger partial charge in [-0.2, -0.15) is 5.26 Å². The van der Waals surface area contributed by atoms with Crippen molar-refractivity contribution >= 4 is 17.6 Å². The first kappa shape index (κ1) is 15.7. The van der Waals surface area contributed by atoms with Crippen LogP contribution < -0.4 is 4.90 Å². The molecule has 5 nitrogen and oxygen atoms in total. The van der Waals surface area contributed by atoms with E-state index in [9.17, 15) is 9.59 Å². The SMILES string of the molecule is CC(C)(CC(=O)N(CCC#N)c1ccccc1)C(=O)O. The first-order valence-electron chi connectivity index (χ1n) is 6.34. The first-order chi connectivity index (χ1) is 9.38. The highest BCUT2D eigenvalue weighted by atomic mass is 16.4. The Labute approximate surface area is 118 Å². The first-order valence-corrected chi connectivity index (χ1v) is 6.34. The van der Waals surface area contributed by atoms with Crippen molar-refractivity contribution in [1.82, 2.24) is 0 Å². The number of benzene rings is 1. The third-order valence-corrected chi connectivity index (χ3v) is 2.99. The number of nitrogens with zero attached hydrogens (tertiary/aromatic N) is 2. The number of carboxylic acid groups (broad SMARTS) is 1. The van der Waals surface area contributed by atoms with Gasteiger partial charge in [0.25, 0.3) is 0 Å². The zero-order valence-electron chi connectivity index (χ0n) is 11.7. The van der Waals surface area contributed by atoms with Crippen LogP contribution in [0, 0.1) is 16.7 Å². The van der Waals surface area contributed by atoms with Crippen molar-refractivity contribution in [1.29, 1.82) is 5.26 Å². The summed E-state index contributed by atoms with van der Waals surface area (Å²) in [5.74, 6) is -1.31. The quantitative estimate of drug-likeness (QED) is 0.863. The molecule has 0 radical (unpaired) electrons. The van der Waals surface area contributed by atoms with Crippen LogP contribution in [0.2, 0.25) is 0 Å². The van der Waals surface area contributed by atoms with Gasteiger partial charge in [0.1, 0.15) is 0 Å². The van der Waals surface area contributed by atoms with Crippen molar-refractivity contribution in [3.63, 3.8) is 0 Å². The molecule has 0 saturated carbocycles. The number of para-hydroxylation sites is 1. The molecule has 1 aromatic rings. The van der Waals surface area contributed by atoms with Crippen LogP contribution in [-0.2, 0) is 9.59 Å². The van der Waals surface area contributed by atoms with E-state index < -0.39 is 11.4 Å². The number of carboxylic acids is 1. The van der Waals surface area contributed by atoms with E-state index in [0.29, 0.717) is 5.69 Å². The summed E-state index contributed by atoms with van der Waals surface area (Å²) in [7, 11) is 0. The molecule has 0 fully saturated rings. The monoisotopic (exact) mass is 274 g/mol. The summed E-state index contributed by atoms with van der Waals surface area (Å²) in [5, 5.41) is 17.8. The fourth-order valence-corrected chi connectivity index (χ4v) is 1.72. The molecule has 0 aliphatic heterocycles. The normalized spacial score (nSPS) is 10.7. The molecule has 1 rings (SSSR count). The molecule has 0 aromatic heterocycles. The summed E-state index contributed by atoms with van der Waals surface area (Å²) < 4.78 is 0. The molecule has 0 saturated heterocycles. The van der Waals surface area contributed by atoms with Crippen molar-refractivity contribution in [2.45, 2.75) is 26.7 Å². The number of anilines is 1. The Morgan fingerprint density at radius 1 is 1.30 bits per heavy atom. The Hall–Kier alpha value is -2.35. The number of hydrogen-bond acceptors (Lipinski definition) is 3. The van der Waals surface area contributed by atoms with E-state index in [0.717, 1.165) is 0 Å². The number of aliphatic carboxylic acids is 1. The zero-order valence-corrected chi connectivity index (χ0v) is 11.7. The summed E-state index contributed by atoms with van der Waals surface area (Å²) in [5.41, 5.74) is -0.453. The van der Waals surface area contributed by atoms with E-state index in [-0.39, 0.29) is 25.3 Å². The Bertz CT molecular complexity index is 518. The molecule has 1 N–H and O–H groups in total. The van der Waals surface area contributed by atoms with Crippen LogP contribution >= 0.6 is 0 Å². The van der Waals surface area contributed by atoms with Gasteiger partial charge in [-0.05, 0) is 26.0 Å². The van der Waals surface area contributed by atoms with Gasteiger partial charge in [-0.15, -0.1) is 0 Å². The highest BCUT2D eigenvalue weighted by molar-refractivity contribution is 5.96. The molecule has 0 aliphatic rings. The van der Waals surface area contributed by atoms with Gasteiger partial charge in [-0.3, -0.25) is 9.59 Å². The molecule has 0 spiro atoms. The molecule has 1 aromatic carbocycles. The highest BCUT2D eigenvalue weighted by Crippen LogP contribution is 2.24. The van der Waals surface area contributed by atoms with Crippen LogP contribution in [0.5, 0.6) is 0 Å². The predicted molar refractivity (Wildman–Crippen MR) is 75.1 cm³/mol. The van der Waals surface area contributed by atoms with Crippen molar-refractivity contribution in [2.24, 2.45) is 5.41 Å². The minimum Gasteiger partial charge on any atom is -0.481 e. The number of hydrogen-bond donors (Lipinski definition) is 1. The van der Waals surface area contributed by atoms with Crippen LogP contribution in [0.1, 0.15) is 26.7 Å². The van der Waals surface area contributed by atoms with Crippen LogP contribution in [0.25, 0.3) is 0 Å². The summed E-state index contributed by atoms with van der Waals surface area (Å²) in [6.07, 6.45) is 0.0940. The summed E-state index contributed by atoms with van der Waals surface area (Å²) in [6, 6.07) is 11.0. The number of rotatable bonds is 6. The topological polar surface area (TPSA) is 81.4 Å². The molecule has 106 valence electrons. The number of amides is 1. The smallest absolute Gasteiger partial charge is 0.309 e. The van der Waals surface area contributed by atoms with Gasteiger partial charge in [0, 0.05) is 18.7 Å². The van der Waals surface area contributed by atoms with Crippen LogP contribution in [0.4, 0.5) is 5.69 Å². The standard InChI is InChI=1S/C15H18N2O3/c1-15(2,14(19)20)11-13(18)17(10-6-9-16)12-7-4-3-5-8-12/h3-5,7-8H,6,10-11H2,1-2H3,(H,19,20). The second-order valence-corrected chi connectivity index (χ2v) is 5.15. The van der Waals surface area contributed by atoms with Crippen molar-refractivity contribution in [3.8, 4) is 6.07 Å². The molecule has 0 bridgehead atoms. The zero-order chi connectivity index (χ0) is 15.2. The van der Waals surface area contributed by atoms with Gasteiger partial charge in [0.15, 0.2) is 0 Å². The van der Waals surface area contributed by atoms with Gasteiger partial charge in [-0.25, -0.2) is 0 Å². The van der Waals surface area contributed by atoms with Crippen molar-refractivity contribution in [2.75, 3.05) is 11.4 Å². The molecule has 0 aliphatic carbocycles. The summed E-state index contributed by atoms with van der Waals surface area (Å²) in [6.45, 7) is 3.29. The van der Waals surface area contributed by atoms with Crippen LogP contribution in [-0.4, -0.2) is 23.5 Å². The lowest BCUT2D eigenvalue weighted by atomic mass is 9.89. The molecule has 20 heavy (non-hydrogen) atoms. The van der Waals surface area contributed by atoms with Crippen molar-refractivity contribution < 1.29 is 14.7 Å². The Balaban J connectivity index is 2.92. The lowest BCUT2D eigenvalue weighted by molar-refractivity contribution is -0.149.